The van der Waals surface area contributed by atoms with Crippen LogP contribution in [0.1, 0.15) is 41.5 Å². The first-order chi connectivity index (χ1) is 18.6. The van der Waals surface area contributed by atoms with Crippen LogP contribution in [-0.2, 0) is 0 Å². The molecule has 5 rings (SSSR count). The van der Waals surface area contributed by atoms with E-state index in [9.17, 15) is 0 Å². The molecule has 4 aromatic carbocycles. The van der Waals surface area contributed by atoms with E-state index < -0.39 is 25.0 Å². The van der Waals surface area contributed by atoms with Crippen molar-refractivity contribution in [3.8, 4) is 0 Å². The van der Waals surface area contributed by atoms with E-state index in [1.165, 1.54) is 42.7 Å². The van der Waals surface area contributed by atoms with Gasteiger partial charge in [0.2, 0.25) is 0 Å². The molecule has 0 aliphatic carbocycles. The highest BCUT2D eigenvalue weighted by molar-refractivity contribution is 7.39. The highest BCUT2D eigenvalue weighted by Gasteiger charge is 2.30. The zero-order valence-corrected chi connectivity index (χ0v) is 27.9. The summed E-state index contributed by atoms with van der Waals surface area (Å²) >= 11 is 0. The Balaban J connectivity index is 2.21. The Kier molecular flexibility index (Phi) is 7.91. The van der Waals surface area contributed by atoms with E-state index in [1.54, 1.807) is 0 Å². The lowest BCUT2D eigenvalue weighted by molar-refractivity contribution is 0.571. The average molecular weight is 573 g/mol. The van der Waals surface area contributed by atoms with Crippen molar-refractivity contribution >= 4 is 78.9 Å². The lowest BCUT2D eigenvalue weighted by Gasteiger charge is -2.27. The van der Waals surface area contributed by atoms with Crippen LogP contribution in [0.25, 0.3) is 43.5 Å². The molecule has 0 aliphatic heterocycles. The molecular formula is C33H43NO2PSi2. The molecular weight excluding hydrogens is 530 g/mol. The molecule has 3 nitrogen and oxygen atoms in total. The monoisotopic (exact) mass is 572 g/mol. The van der Waals surface area contributed by atoms with E-state index in [0.29, 0.717) is 12.1 Å². The van der Waals surface area contributed by atoms with Crippen LogP contribution in [0.15, 0.2) is 69.1 Å². The highest BCUT2D eigenvalue weighted by atomic mass is 31.1. The minimum absolute atomic E-state index is 0.294. The molecule has 1 aromatic heterocycles. The third kappa shape index (κ3) is 4.93. The van der Waals surface area contributed by atoms with Crippen molar-refractivity contribution in [2.45, 2.75) is 85.4 Å². The van der Waals surface area contributed by atoms with E-state index in [4.69, 9.17) is 8.39 Å². The fraction of sp³-hybridized carbons (Fsp3) is 0.394. The molecule has 0 spiro atoms. The number of rotatable bonds is 7. The van der Waals surface area contributed by atoms with Crippen LogP contribution in [0.2, 0.25) is 31.7 Å². The Morgan fingerprint density at radius 1 is 0.795 bits per heavy atom. The second-order valence-corrected chi connectivity index (χ2v) is 21.2. The molecule has 205 valence electrons. The Hall–Kier alpha value is -2.31. The molecule has 39 heavy (non-hydrogen) atoms. The molecule has 0 N–H and O–H groups in total. The summed E-state index contributed by atoms with van der Waals surface area (Å²) in [4.78, 5) is 0. The van der Waals surface area contributed by atoms with Gasteiger partial charge in [-0.05, 0) is 59.6 Å². The molecule has 5 aromatic rings. The minimum Gasteiger partial charge on any atom is -0.408 e. The fourth-order valence-electron chi connectivity index (χ4n) is 5.79. The SMILES string of the molecule is CC[Si](C)c1cc2ccccc2c2c1op(N(C(C)C)C(C)C)oc1c([Si](C)(C)CC)cc3ccccc3c12. The molecule has 1 radical (unpaired) electrons. The first-order valence-electron chi connectivity index (χ1n) is 14.5. The Bertz CT molecular complexity index is 1700. The second-order valence-electron chi connectivity index (χ2n) is 12.1. The van der Waals surface area contributed by atoms with E-state index >= 15 is 0 Å². The van der Waals surface area contributed by atoms with E-state index in [-0.39, 0.29) is 0 Å². The third-order valence-electron chi connectivity index (χ3n) is 8.44. The third-order valence-corrected chi connectivity index (χ3v) is 16.4. The average Bonchev–Trinajstić information content (AvgIpc) is 3.09. The number of fused-ring (bicyclic) bond motifs is 7. The molecule has 0 amide bonds. The van der Waals surface area contributed by atoms with Crippen molar-refractivity contribution in [3.63, 3.8) is 0 Å². The van der Waals surface area contributed by atoms with Crippen LogP contribution < -0.4 is 15.0 Å². The van der Waals surface area contributed by atoms with Gasteiger partial charge in [-0.25, -0.2) is 0 Å². The summed E-state index contributed by atoms with van der Waals surface area (Å²) in [6, 6.07) is 25.5. The first kappa shape index (κ1) is 28.2. The van der Waals surface area contributed by atoms with Crippen LogP contribution in [0.4, 0.5) is 0 Å². The second kappa shape index (κ2) is 10.9. The Labute approximate surface area is 237 Å². The predicted molar refractivity (Wildman–Crippen MR) is 179 cm³/mol. The molecule has 0 saturated carbocycles. The zero-order chi connectivity index (χ0) is 28.1. The van der Waals surface area contributed by atoms with E-state index in [1.807, 2.05) is 0 Å². The summed E-state index contributed by atoms with van der Waals surface area (Å²) in [7, 11) is -3.99. The number of hydrogen-bond acceptors (Lipinski definition) is 3. The van der Waals surface area contributed by atoms with Gasteiger partial charge in [0.1, 0.15) is 11.2 Å². The van der Waals surface area contributed by atoms with Gasteiger partial charge in [-0.3, -0.25) is 0 Å². The largest absolute Gasteiger partial charge is 0.408 e. The lowest BCUT2D eigenvalue weighted by Crippen LogP contribution is -2.41. The zero-order valence-electron chi connectivity index (χ0n) is 25.1. The Morgan fingerprint density at radius 3 is 1.85 bits per heavy atom. The van der Waals surface area contributed by atoms with Crippen molar-refractivity contribution in [3.05, 3.63) is 60.7 Å². The molecule has 1 unspecified atom stereocenters. The summed E-state index contributed by atoms with van der Waals surface area (Å²) in [6.45, 7) is 21.1. The van der Waals surface area contributed by atoms with Gasteiger partial charge in [-0.1, -0.05) is 106 Å². The van der Waals surface area contributed by atoms with Crippen LogP contribution in [0.3, 0.4) is 0 Å². The molecule has 0 bridgehead atoms. The van der Waals surface area contributed by atoms with Crippen molar-refractivity contribution in [2.24, 2.45) is 0 Å². The van der Waals surface area contributed by atoms with Crippen molar-refractivity contribution in [2.75, 3.05) is 4.67 Å². The first-order valence-corrected chi connectivity index (χ1v) is 21.0. The van der Waals surface area contributed by atoms with Crippen LogP contribution >= 0.6 is 8.16 Å². The van der Waals surface area contributed by atoms with Crippen LogP contribution in [0, 0.1) is 0 Å². The van der Waals surface area contributed by atoms with Gasteiger partial charge in [0.05, 0.1) is 16.9 Å². The van der Waals surface area contributed by atoms with E-state index in [0.717, 1.165) is 23.3 Å². The number of hydrogen-bond donors (Lipinski definition) is 0. The fourth-order valence-corrected chi connectivity index (χ4v) is 10.7. The van der Waals surface area contributed by atoms with Gasteiger partial charge in [-0.2, -0.15) is 4.67 Å². The predicted octanol–water partition coefficient (Wildman–Crippen LogP) is 9.64. The molecule has 1 atom stereocenters. The Morgan fingerprint density at radius 2 is 1.31 bits per heavy atom. The van der Waals surface area contributed by atoms with E-state index in [2.05, 4.69) is 127 Å². The molecule has 0 saturated heterocycles. The van der Waals surface area contributed by atoms with Crippen molar-refractivity contribution in [1.29, 1.82) is 0 Å². The van der Waals surface area contributed by atoms with Gasteiger partial charge >= 0.3 is 8.16 Å². The summed E-state index contributed by atoms with van der Waals surface area (Å²) in [5.74, 6) is 0. The van der Waals surface area contributed by atoms with Gasteiger partial charge in [0.25, 0.3) is 0 Å². The quantitative estimate of drug-likeness (QED) is 0.182. The molecule has 1 heterocycles. The maximum atomic E-state index is 7.28. The summed E-state index contributed by atoms with van der Waals surface area (Å²) < 4.78 is 17.0. The number of nitrogens with zero attached hydrogens (tertiary/aromatic N) is 1. The summed E-state index contributed by atoms with van der Waals surface area (Å²) in [6.07, 6.45) is 0. The smallest absolute Gasteiger partial charge is 0.310 e. The van der Waals surface area contributed by atoms with Crippen LogP contribution in [-0.4, -0.2) is 29.0 Å². The maximum absolute atomic E-state index is 7.28. The van der Waals surface area contributed by atoms with Gasteiger partial charge in [0.15, 0.2) is 0 Å². The van der Waals surface area contributed by atoms with Crippen molar-refractivity contribution < 1.29 is 8.39 Å². The van der Waals surface area contributed by atoms with Gasteiger partial charge in [-0.15, -0.1) is 0 Å². The number of benzene rings is 4. The lowest BCUT2D eigenvalue weighted by atomic mass is 9.98. The maximum Gasteiger partial charge on any atom is 0.310 e. The summed E-state index contributed by atoms with van der Waals surface area (Å²) in [5.41, 5.74) is 2.12. The topological polar surface area (TPSA) is 29.5 Å². The molecule has 0 aliphatic rings. The highest BCUT2D eigenvalue weighted by Crippen LogP contribution is 2.43. The van der Waals surface area contributed by atoms with Crippen molar-refractivity contribution in [1.82, 2.24) is 0 Å². The normalized spacial score (nSPS) is 13.3. The molecule has 6 heteroatoms. The van der Waals surface area contributed by atoms with Gasteiger partial charge in [0, 0.05) is 22.9 Å². The van der Waals surface area contributed by atoms with Gasteiger partial charge < -0.3 is 8.39 Å². The van der Waals surface area contributed by atoms with Crippen LogP contribution in [0.5, 0.6) is 0 Å². The summed E-state index contributed by atoms with van der Waals surface area (Å²) in [5, 5.41) is 10.3. The molecule has 0 fully saturated rings. The standard InChI is InChI=1S/C33H43NO2PSi2/c1-10-38(7)28-20-24-16-12-14-18-26(24)30-31-27-19-15-13-17-25(27)21-29(39(8,9)11-2)33(31)36-37(35-32(28)30)34(22(3)4)23(5)6/h12-23H,10-11H2,1-9H3. The minimum atomic E-state index is -1.80.